The molecule has 3 heteroatoms. The Balaban J connectivity index is 2.20. The molecule has 0 N–H and O–H groups in total. The van der Waals surface area contributed by atoms with E-state index in [2.05, 4.69) is 11.1 Å². The first-order chi connectivity index (χ1) is 10.2. The average molecular weight is 279 g/mol. The highest BCUT2D eigenvalue weighted by Gasteiger charge is 2.15. The highest BCUT2D eigenvalue weighted by Crippen LogP contribution is 2.37. The number of aromatic nitrogens is 1. The molecule has 1 aromatic heterocycles. The van der Waals surface area contributed by atoms with Crippen molar-refractivity contribution in [2.75, 3.05) is 7.11 Å². The molecule has 0 saturated heterocycles. The van der Waals surface area contributed by atoms with Crippen molar-refractivity contribution in [2.24, 2.45) is 0 Å². The number of para-hydroxylation sites is 1. The monoisotopic (exact) mass is 279 g/mol. The van der Waals surface area contributed by atoms with Crippen LogP contribution in [0, 0.1) is 13.8 Å². The van der Waals surface area contributed by atoms with E-state index in [1.54, 1.807) is 7.11 Å². The highest BCUT2D eigenvalue weighted by molar-refractivity contribution is 5.83. The third-order valence-electron chi connectivity index (χ3n) is 3.58. The van der Waals surface area contributed by atoms with Crippen molar-refractivity contribution in [2.45, 2.75) is 13.8 Å². The number of oxazole rings is 1. The Morgan fingerprint density at radius 3 is 2.10 bits per heavy atom. The Morgan fingerprint density at radius 2 is 1.48 bits per heavy atom. The number of benzene rings is 2. The zero-order valence-electron chi connectivity index (χ0n) is 12.4. The second kappa shape index (κ2) is 5.44. The summed E-state index contributed by atoms with van der Waals surface area (Å²) in [6.45, 7) is 3.88. The van der Waals surface area contributed by atoms with Gasteiger partial charge in [-0.3, -0.25) is 0 Å². The van der Waals surface area contributed by atoms with Gasteiger partial charge in [0.1, 0.15) is 11.5 Å². The van der Waals surface area contributed by atoms with Gasteiger partial charge in [-0.1, -0.05) is 36.4 Å². The maximum atomic E-state index is 5.78. The third kappa shape index (κ3) is 2.42. The summed E-state index contributed by atoms with van der Waals surface area (Å²) in [5.74, 6) is 2.33. The standard InChI is InChI=1S/C18H17NO2/c1-12-13(2)21-18(19-12)16-10-5-4-8-14(16)15-9-6-7-11-17(15)20-3/h4-11H,1-3H3. The molecule has 21 heavy (non-hydrogen) atoms. The highest BCUT2D eigenvalue weighted by atomic mass is 16.5. The molecule has 0 aliphatic heterocycles. The fourth-order valence-corrected chi connectivity index (χ4v) is 2.36. The molecule has 0 spiro atoms. The lowest BCUT2D eigenvalue weighted by atomic mass is 9.99. The molecule has 3 aromatic rings. The summed E-state index contributed by atoms with van der Waals surface area (Å²) in [7, 11) is 1.68. The van der Waals surface area contributed by atoms with E-state index in [0.717, 1.165) is 33.9 Å². The predicted octanol–water partition coefficient (Wildman–Crippen LogP) is 4.63. The maximum absolute atomic E-state index is 5.78. The molecule has 0 bridgehead atoms. The predicted molar refractivity (Wildman–Crippen MR) is 83.4 cm³/mol. The Morgan fingerprint density at radius 1 is 0.857 bits per heavy atom. The molecule has 3 nitrogen and oxygen atoms in total. The Labute approximate surface area is 124 Å². The first kappa shape index (κ1) is 13.4. The lowest BCUT2D eigenvalue weighted by Crippen LogP contribution is -1.90. The minimum absolute atomic E-state index is 0.645. The molecule has 0 saturated carbocycles. The Hall–Kier alpha value is -2.55. The minimum atomic E-state index is 0.645. The topological polar surface area (TPSA) is 35.3 Å². The fourth-order valence-electron chi connectivity index (χ4n) is 2.36. The zero-order chi connectivity index (χ0) is 14.8. The molecular weight excluding hydrogens is 262 g/mol. The van der Waals surface area contributed by atoms with E-state index in [4.69, 9.17) is 9.15 Å². The Bertz CT molecular complexity index is 755. The number of ether oxygens (including phenoxy) is 1. The minimum Gasteiger partial charge on any atom is -0.496 e. The van der Waals surface area contributed by atoms with E-state index in [1.807, 2.05) is 56.3 Å². The number of aryl methyl sites for hydroxylation is 2. The summed E-state index contributed by atoms with van der Waals surface area (Å²) in [5.41, 5.74) is 3.97. The van der Waals surface area contributed by atoms with Crippen molar-refractivity contribution in [3.8, 4) is 28.3 Å². The van der Waals surface area contributed by atoms with Crippen LogP contribution in [0.4, 0.5) is 0 Å². The van der Waals surface area contributed by atoms with Crippen LogP contribution in [-0.2, 0) is 0 Å². The molecule has 0 unspecified atom stereocenters. The van der Waals surface area contributed by atoms with Crippen LogP contribution in [0.2, 0.25) is 0 Å². The quantitative estimate of drug-likeness (QED) is 0.701. The number of hydrogen-bond donors (Lipinski definition) is 0. The van der Waals surface area contributed by atoms with Gasteiger partial charge in [0.25, 0.3) is 0 Å². The normalized spacial score (nSPS) is 10.6. The zero-order valence-corrected chi connectivity index (χ0v) is 12.4. The van der Waals surface area contributed by atoms with E-state index in [-0.39, 0.29) is 0 Å². The summed E-state index contributed by atoms with van der Waals surface area (Å²) in [5, 5.41) is 0. The van der Waals surface area contributed by atoms with Crippen molar-refractivity contribution >= 4 is 0 Å². The molecule has 0 fully saturated rings. The summed E-state index contributed by atoms with van der Waals surface area (Å²) >= 11 is 0. The van der Waals surface area contributed by atoms with Gasteiger partial charge in [-0.25, -0.2) is 4.98 Å². The maximum Gasteiger partial charge on any atom is 0.227 e. The lowest BCUT2D eigenvalue weighted by Gasteiger charge is -2.11. The summed E-state index contributed by atoms with van der Waals surface area (Å²) in [6, 6.07) is 16.0. The summed E-state index contributed by atoms with van der Waals surface area (Å²) < 4.78 is 11.3. The smallest absolute Gasteiger partial charge is 0.227 e. The molecule has 0 amide bonds. The van der Waals surface area contributed by atoms with Gasteiger partial charge in [0, 0.05) is 11.1 Å². The van der Waals surface area contributed by atoms with Crippen molar-refractivity contribution in [3.05, 3.63) is 60.0 Å². The van der Waals surface area contributed by atoms with Crippen LogP contribution in [0.25, 0.3) is 22.6 Å². The van der Waals surface area contributed by atoms with Gasteiger partial charge in [0.2, 0.25) is 5.89 Å². The van der Waals surface area contributed by atoms with Crippen LogP contribution in [0.15, 0.2) is 52.9 Å². The molecule has 1 heterocycles. The van der Waals surface area contributed by atoms with Gasteiger partial charge in [-0.2, -0.15) is 0 Å². The molecule has 106 valence electrons. The van der Waals surface area contributed by atoms with Gasteiger partial charge >= 0.3 is 0 Å². The van der Waals surface area contributed by atoms with E-state index in [1.165, 1.54) is 0 Å². The summed E-state index contributed by atoms with van der Waals surface area (Å²) in [4.78, 5) is 4.51. The molecule has 0 atom stereocenters. The molecular formula is C18H17NO2. The van der Waals surface area contributed by atoms with Gasteiger partial charge in [0.05, 0.1) is 12.8 Å². The third-order valence-corrected chi connectivity index (χ3v) is 3.58. The van der Waals surface area contributed by atoms with Crippen LogP contribution >= 0.6 is 0 Å². The number of methoxy groups -OCH3 is 1. The molecule has 2 aromatic carbocycles. The van der Waals surface area contributed by atoms with Crippen molar-refractivity contribution < 1.29 is 9.15 Å². The first-order valence-electron chi connectivity index (χ1n) is 6.87. The van der Waals surface area contributed by atoms with E-state index < -0.39 is 0 Å². The van der Waals surface area contributed by atoms with E-state index in [9.17, 15) is 0 Å². The van der Waals surface area contributed by atoms with Gasteiger partial charge in [-0.15, -0.1) is 0 Å². The number of nitrogens with zero attached hydrogens (tertiary/aromatic N) is 1. The van der Waals surface area contributed by atoms with Crippen LogP contribution in [0.5, 0.6) is 5.75 Å². The van der Waals surface area contributed by atoms with Crippen LogP contribution in [-0.4, -0.2) is 12.1 Å². The number of rotatable bonds is 3. The molecule has 0 radical (unpaired) electrons. The van der Waals surface area contributed by atoms with Gasteiger partial charge in [-0.05, 0) is 31.5 Å². The van der Waals surface area contributed by atoms with Gasteiger partial charge in [0.15, 0.2) is 0 Å². The second-order valence-corrected chi connectivity index (χ2v) is 4.91. The van der Waals surface area contributed by atoms with Gasteiger partial charge < -0.3 is 9.15 Å². The van der Waals surface area contributed by atoms with E-state index in [0.29, 0.717) is 5.89 Å². The fraction of sp³-hybridized carbons (Fsp3) is 0.167. The average Bonchev–Trinajstić information content (AvgIpc) is 2.86. The van der Waals surface area contributed by atoms with Crippen molar-refractivity contribution in [3.63, 3.8) is 0 Å². The molecule has 0 aliphatic carbocycles. The largest absolute Gasteiger partial charge is 0.496 e. The van der Waals surface area contributed by atoms with E-state index >= 15 is 0 Å². The van der Waals surface area contributed by atoms with Crippen molar-refractivity contribution in [1.82, 2.24) is 4.98 Å². The Kier molecular flexibility index (Phi) is 3.48. The summed E-state index contributed by atoms with van der Waals surface area (Å²) in [6.07, 6.45) is 0. The molecule has 0 aliphatic rings. The second-order valence-electron chi connectivity index (χ2n) is 4.91. The lowest BCUT2D eigenvalue weighted by molar-refractivity contribution is 0.416. The van der Waals surface area contributed by atoms with Crippen molar-refractivity contribution in [1.29, 1.82) is 0 Å². The van der Waals surface area contributed by atoms with Crippen LogP contribution in [0.3, 0.4) is 0 Å². The van der Waals surface area contributed by atoms with Crippen LogP contribution in [0.1, 0.15) is 11.5 Å². The van der Waals surface area contributed by atoms with Crippen LogP contribution < -0.4 is 4.74 Å². The number of hydrogen-bond acceptors (Lipinski definition) is 3. The molecule has 3 rings (SSSR count). The SMILES string of the molecule is COc1ccccc1-c1ccccc1-c1nc(C)c(C)o1. The first-order valence-corrected chi connectivity index (χ1v) is 6.87.